The standard InChI is InChI=1S/C15H14Cl2FN3O3S/c16-10-4-6-11(7-5-10)25(23,24)21(9-15(22)20-19)8-12-13(17)2-1-3-14(12)18/h1-7H,8-9,19H2,(H,20,22). The molecule has 0 saturated carbocycles. The molecule has 2 rings (SSSR count). The molecule has 0 aliphatic rings. The van der Waals surface area contributed by atoms with Crippen LogP contribution in [-0.2, 0) is 21.4 Å². The highest BCUT2D eigenvalue weighted by atomic mass is 35.5. The Labute approximate surface area is 154 Å². The molecule has 0 fully saturated rings. The normalized spacial score (nSPS) is 11.6. The highest BCUT2D eigenvalue weighted by molar-refractivity contribution is 7.89. The maximum atomic E-state index is 14.0. The van der Waals surface area contributed by atoms with Crippen molar-refractivity contribution in [1.29, 1.82) is 0 Å². The average molecular weight is 406 g/mol. The molecule has 0 heterocycles. The van der Waals surface area contributed by atoms with Crippen LogP contribution in [-0.4, -0.2) is 25.2 Å². The molecule has 0 aromatic heterocycles. The summed E-state index contributed by atoms with van der Waals surface area (Å²) in [6, 6.07) is 9.33. The molecular formula is C15H14Cl2FN3O3S. The van der Waals surface area contributed by atoms with Gasteiger partial charge in [-0.15, -0.1) is 0 Å². The van der Waals surface area contributed by atoms with Crippen LogP contribution >= 0.6 is 23.2 Å². The van der Waals surface area contributed by atoms with Gasteiger partial charge in [-0.2, -0.15) is 4.31 Å². The second kappa shape index (κ2) is 8.11. The van der Waals surface area contributed by atoms with Crippen LogP contribution < -0.4 is 11.3 Å². The number of nitrogens with zero attached hydrogens (tertiary/aromatic N) is 1. The monoisotopic (exact) mass is 405 g/mol. The van der Waals surface area contributed by atoms with E-state index in [0.29, 0.717) is 5.02 Å². The Kier molecular flexibility index (Phi) is 6.36. The fourth-order valence-electron chi connectivity index (χ4n) is 2.05. The summed E-state index contributed by atoms with van der Waals surface area (Å²) in [5.41, 5.74) is 1.80. The minimum atomic E-state index is -4.12. The Morgan fingerprint density at radius 1 is 1.16 bits per heavy atom. The lowest BCUT2D eigenvalue weighted by molar-refractivity contribution is -0.121. The molecule has 134 valence electrons. The number of rotatable bonds is 6. The number of hydrogen-bond acceptors (Lipinski definition) is 4. The number of carbonyl (C=O) groups excluding carboxylic acids is 1. The number of nitrogens with one attached hydrogen (secondary N) is 1. The van der Waals surface area contributed by atoms with E-state index in [9.17, 15) is 17.6 Å². The number of halogens is 3. The first-order chi connectivity index (χ1) is 11.8. The van der Waals surface area contributed by atoms with E-state index in [1.807, 2.05) is 5.43 Å². The molecule has 0 aliphatic heterocycles. The summed E-state index contributed by atoms with van der Waals surface area (Å²) in [7, 11) is -4.12. The van der Waals surface area contributed by atoms with Crippen molar-refractivity contribution < 1.29 is 17.6 Å². The van der Waals surface area contributed by atoms with Crippen LogP contribution in [0.2, 0.25) is 10.0 Å². The van der Waals surface area contributed by atoms with E-state index >= 15 is 0 Å². The molecule has 25 heavy (non-hydrogen) atoms. The van der Waals surface area contributed by atoms with Crippen molar-refractivity contribution in [1.82, 2.24) is 9.73 Å². The summed E-state index contributed by atoms with van der Waals surface area (Å²) >= 11 is 11.7. The van der Waals surface area contributed by atoms with Crippen LogP contribution in [0.4, 0.5) is 4.39 Å². The van der Waals surface area contributed by atoms with Crippen LogP contribution in [0.5, 0.6) is 0 Å². The van der Waals surface area contributed by atoms with Gasteiger partial charge in [-0.1, -0.05) is 29.3 Å². The molecule has 0 radical (unpaired) electrons. The summed E-state index contributed by atoms with van der Waals surface area (Å²) in [5.74, 6) is 3.59. The number of sulfonamides is 1. The van der Waals surface area contributed by atoms with Crippen molar-refractivity contribution in [2.75, 3.05) is 6.54 Å². The maximum Gasteiger partial charge on any atom is 0.249 e. The number of amides is 1. The largest absolute Gasteiger partial charge is 0.293 e. The van der Waals surface area contributed by atoms with E-state index in [-0.39, 0.29) is 15.5 Å². The van der Waals surface area contributed by atoms with Gasteiger partial charge < -0.3 is 0 Å². The minimum Gasteiger partial charge on any atom is -0.293 e. The second-order valence-electron chi connectivity index (χ2n) is 4.99. The minimum absolute atomic E-state index is 0.0458. The SMILES string of the molecule is NNC(=O)CN(Cc1c(F)cccc1Cl)S(=O)(=O)c1ccc(Cl)cc1. The van der Waals surface area contributed by atoms with Gasteiger partial charge in [0, 0.05) is 22.2 Å². The van der Waals surface area contributed by atoms with Crippen LogP contribution in [0, 0.1) is 5.82 Å². The molecular weight excluding hydrogens is 392 g/mol. The second-order valence-corrected chi connectivity index (χ2v) is 7.78. The molecule has 0 unspecified atom stereocenters. The molecule has 1 amide bonds. The average Bonchev–Trinajstić information content (AvgIpc) is 2.57. The number of benzene rings is 2. The zero-order chi connectivity index (χ0) is 18.6. The third-order valence-corrected chi connectivity index (χ3v) is 5.74. The molecule has 6 nitrogen and oxygen atoms in total. The molecule has 0 spiro atoms. The van der Waals surface area contributed by atoms with E-state index in [2.05, 4.69) is 0 Å². The lowest BCUT2D eigenvalue weighted by Crippen LogP contribution is -2.42. The smallest absolute Gasteiger partial charge is 0.249 e. The van der Waals surface area contributed by atoms with E-state index in [4.69, 9.17) is 29.0 Å². The van der Waals surface area contributed by atoms with Gasteiger partial charge in [-0.05, 0) is 36.4 Å². The third kappa shape index (κ3) is 4.68. The van der Waals surface area contributed by atoms with Gasteiger partial charge in [0.2, 0.25) is 15.9 Å². The summed E-state index contributed by atoms with van der Waals surface area (Å²) in [4.78, 5) is 11.5. The summed E-state index contributed by atoms with van der Waals surface area (Å²) < 4.78 is 40.4. The first-order valence-electron chi connectivity index (χ1n) is 6.93. The Morgan fingerprint density at radius 2 is 1.80 bits per heavy atom. The zero-order valence-electron chi connectivity index (χ0n) is 12.7. The third-order valence-electron chi connectivity index (χ3n) is 3.33. The van der Waals surface area contributed by atoms with Crippen molar-refractivity contribution in [2.45, 2.75) is 11.4 Å². The molecule has 3 N–H and O–H groups in total. The molecule has 10 heteroatoms. The maximum absolute atomic E-state index is 14.0. The molecule has 0 atom stereocenters. The van der Waals surface area contributed by atoms with Gasteiger partial charge in [-0.25, -0.2) is 18.7 Å². The molecule has 2 aromatic rings. The first kappa shape index (κ1) is 19.6. The summed E-state index contributed by atoms with van der Waals surface area (Å²) in [6.07, 6.45) is 0. The van der Waals surface area contributed by atoms with Gasteiger partial charge in [0.25, 0.3) is 0 Å². The van der Waals surface area contributed by atoms with Crippen LogP contribution in [0.15, 0.2) is 47.4 Å². The van der Waals surface area contributed by atoms with Gasteiger partial charge in [-0.3, -0.25) is 10.2 Å². The van der Waals surface area contributed by atoms with Crippen molar-refractivity contribution in [2.24, 2.45) is 5.84 Å². The number of hydrazine groups is 1. The van der Waals surface area contributed by atoms with Crippen LogP contribution in [0.25, 0.3) is 0 Å². The van der Waals surface area contributed by atoms with Crippen LogP contribution in [0.1, 0.15) is 5.56 Å². The number of hydrogen-bond donors (Lipinski definition) is 2. The fourth-order valence-corrected chi connectivity index (χ4v) is 3.76. The molecule has 2 aromatic carbocycles. The topological polar surface area (TPSA) is 92.5 Å². The molecule has 0 bridgehead atoms. The fraction of sp³-hybridized carbons (Fsp3) is 0.133. The Balaban J connectivity index is 2.45. The van der Waals surface area contributed by atoms with Crippen LogP contribution in [0.3, 0.4) is 0 Å². The van der Waals surface area contributed by atoms with Crippen molar-refractivity contribution in [3.8, 4) is 0 Å². The van der Waals surface area contributed by atoms with Crippen molar-refractivity contribution in [3.05, 3.63) is 63.9 Å². The molecule has 0 aliphatic carbocycles. The van der Waals surface area contributed by atoms with E-state index in [1.165, 1.54) is 36.4 Å². The quantitative estimate of drug-likeness (QED) is 0.438. The van der Waals surface area contributed by atoms with Crippen molar-refractivity contribution in [3.63, 3.8) is 0 Å². The van der Waals surface area contributed by atoms with Gasteiger partial charge in [0.15, 0.2) is 0 Å². The Bertz CT molecular complexity index is 856. The summed E-state index contributed by atoms with van der Waals surface area (Å²) in [6.45, 7) is -1.05. The van der Waals surface area contributed by atoms with E-state index < -0.39 is 34.8 Å². The predicted molar refractivity (Wildman–Crippen MR) is 92.8 cm³/mol. The van der Waals surface area contributed by atoms with Gasteiger partial charge in [0.1, 0.15) is 5.82 Å². The zero-order valence-corrected chi connectivity index (χ0v) is 15.1. The highest BCUT2D eigenvalue weighted by Gasteiger charge is 2.28. The predicted octanol–water partition coefficient (Wildman–Crippen LogP) is 2.31. The van der Waals surface area contributed by atoms with E-state index in [1.54, 1.807) is 0 Å². The molecule has 0 saturated heterocycles. The number of carbonyl (C=O) groups is 1. The van der Waals surface area contributed by atoms with Gasteiger partial charge in [0.05, 0.1) is 11.4 Å². The van der Waals surface area contributed by atoms with E-state index in [0.717, 1.165) is 10.4 Å². The highest BCUT2D eigenvalue weighted by Crippen LogP contribution is 2.25. The Hall–Kier alpha value is -1.71. The lowest BCUT2D eigenvalue weighted by atomic mass is 10.2. The van der Waals surface area contributed by atoms with Gasteiger partial charge >= 0.3 is 0 Å². The summed E-state index contributed by atoms with van der Waals surface area (Å²) in [5, 5.41) is 0.395. The lowest BCUT2D eigenvalue weighted by Gasteiger charge is -2.22. The van der Waals surface area contributed by atoms with Crippen molar-refractivity contribution >= 4 is 39.1 Å². The Morgan fingerprint density at radius 3 is 2.36 bits per heavy atom. The number of nitrogens with two attached hydrogens (primary N) is 1. The first-order valence-corrected chi connectivity index (χ1v) is 9.13.